The van der Waals surface area contributed by atoms with Crippen molar-refractivity contribution in [1.29, 1.82) is 0 Å². The van der Waals surface area contributed by atoms with E-state index in [9.17, 15) is 18.0 Å². The first-order valence-corrected chi connectivity index (χ1v) is 14.9. The molecule has 0 aliphatic heterocycles. The Labute approximate surface area is 251 Å². The van der Waals surface area contributed by atoms with E-state index in [1.54, 1.807) is 69.3 Å². The summed E-state index contributed by atoms with van der Waals surface area (Å²) >= 11 is 12.8. The second kappa shape index (κ2) is 13.9. The van der Waals surface area contributed by atoms with Gasteiger partial charge in [-0.05, 0) is 57.2 Å². The van der Waals surface area contributed by atoms with Gasteiger partial charge in [-0.3, -0.25) is 13.9 Å². The summed E-state index contributed by atoms with van der Waals surface area (Å²) in [5, 5.41) is 3.40. The van der Waals surface area contributed by atoms with Crippen LogP contribution in [0.3, 0.4) is 0 Å². The molecular formula is C29H33Cl2N3O6S. The fourth-order valence-electron chi connectivity index (χ4n) is 4.07. The standard InChI is InChI=1S/C29H33Cl2N3O6S/c1-19(2)32-29(36)20(3)33(17-23-24(30)12-9-13-25(23)31)28(35)18-34(41(37,38)22-10-7-6-8-11-22)26-16-21(39-4)14-15-27(26)40-5/h6-16,19-20H,17-18H2,1-5H3,(H,32,36)/t20-/m0/s1. The fourth-order valence-corrected chi connectivity index (χ4v) is 6.02. The third kappa shape index (κ3) is 7.63. The number of hydrogen-bond acceptors (Lipinski definition) is 6. The van der Waals surface area contributed by atoms with Crippen molar-refractivity contribution in [2.45, 2.75) is 44.3 Å². The summed E-state index contributed by atoms with van der Waals surface area (Å²) in [6, 6.07) is 16.1. The minimum absolute atomic E-state index is 0.0380. The van der Waals surface area contributed by atoms with Crippen LogP contribution in [-0.4, -0.2) is 58.0 Å². The van der Waals surface area contributed by atoms with Gasteiger partial charge in [0, 0.05) is 34.3 Å². The molecule has 0 aliphatic carbocycles. The molecule has 0 bridgehead atoms. The molecule has 12 heteroatoms. The molecule has 3 aromatic carbocycles. The monoisotopic (exact) mass is 621 g/mol. The van der Waals surface area contributed by atoms with Crippen molar-refractivity contribution in [3.63, 3.8) is 0 Å². The number of halogens is 2. The maximum Gasteiger partial charge on any atom is 0.264 e. The molecule has 3 aromatic rings. The SMILES string of the molecule is COc1ccc(OC)c(N(CC(=O)N(Cc2c(Cl)cccc2Cl)[C@@H](C)C(=O)NC(C)C)S(=O)(=O)c2ccccc2)c1. The van der Waals surface area contributed by atoms with Crippen molar-refractivity contribution >= 4 is 50.7 Å². The third-order valence-electron chi connectivity index (χ3n) is 6.25. The number of carbonyl (C=O) groups is 2. The molecule has 0 unspecified atom stereocenters. The number of nitrogens with one attached hydrogen (secondary N) is 1. The van der Waals surface area contributed by atoms with E-state index >= 15 is 0 Å². The lowest BCUT2D eigenvalue weighted by molar-refractivity contribution is -0.139. The highest BCUT2D eigenvalue weighted by Crippen LogP contribution is 2.36. The predicted molar refractivity (Wildman–Crippen MR) is 160 cm³/mol. The van der Waals surface area contributed by atoms with Crippen LogP contribution in [0.4, 0.5) is 5.69 Å². The fraction of sp³-hybridized carbons (Fsp3) is 0.310. The lowest BCUT2D eigenvalue weighted by atomic mass is 10.1. The summed E-state index contributed by atoms with van der Waals surface area (Å²) in [5.41, 5.74) is 0.504. The Hall–Kier alpha value is -3.47. The molecule has 1 N–H and O–H groups in total. The first kappa shape index (κ1) is 32.0. The highest BCUT2D eigenvalue weighted by molar-refractivity contribution is 7.92. The number of rotatable bonds is 12. The number of amides is 2. The molecule has 0 aliphatic rings. The minimum atomic E-state index is -4.30. The number of nitrogens with zero attached hydrogens (tertiary/aromatic N) is 2. The number of ether oxygens (including phenoxy) is 2. The highest BCUT2D eigenvalue weighted by Gasteiger charge is 2.34. The molecule has 0 saturated carbocycles. The van der Waals surface area contributed by atoms with Gasteiger partial charge >= 0.3 is 0 Å². The van der Waals surface area contributed by atoms with Crippen molar-refractivity contribution in [2.75, 3.05) is 25.1 Å². The van der Waals surface area contributed by atoms with Crippen LogP contribution in [0.2, 0.25) is 10.0 Å². The summed E-state index contributed by atoms with van der Waals surface area (Å²) in [5.74, 6) is -0.542. The Balaban J connectivity index is 2.15. The Bertz CT molecular complexity index is 1460. The van der Waals surface area contributed by atoms with Crippen LogP contribution in [0.5, 0.6) is 11.5 Å². The Morgan fingerprint density at radius 1 is 0.902 bits per heavy atom. The van der Waals surface area contributed by atoms with Gasteiger partial charge in [0.05, 0.1) is 24.8 Å². The lowest BCUT2D eigenvalue weighted by Gasteiger charge is -2.33. The van der Waals surface area contributed by atoms with Gasteiger partial charge in [-0.15, -0.1) is 0 Å². The maximum atomic E-state index is 14.1. The van der Waals surface area contributed by atoms with E-state index in [1.165, 1.54) is 37.3 Å². The lowest BCUT2D eigenvalue weighted by Crippen LogP contribution is -2.52. The summed E-state index contributed by atoms with van der Waals surface area (Å²) in [6.45, 7) is 4.35. The molecule has 0 radical (unpaired) electrons. The quantitative estimate of drug-likeness (QED) is 0.300. The highest BCUT2D eigenvalue weighted by atomic mass is 35.5. The Morgan fingerprint density at radius 3 is 2.10 bits per heavy atom. The topological polar surface area (TPSA) is 105 Å². The van der Waals surface area contributed by atoms with Crippen molar-refractivity contribution in [3.8, 4) is 11.5 Å². The number of carbonyl (C=O) groups excluding carboxylic acids is 2. The number of sulfonamides is 1. The molecule has 0 heterocycles. The molecule has 0 spiro atoms. The molecule has 9 nitrogen and oxygen atoms in total. The predicted octanol–water partition coefficient (Wildman–Crippen LogP) is 5.15. The molecule has 41 heavy (non-hydrogen) atoms. The van der Waals surface area contributed by atoms with Crippen LogP contribution in [0, 0.1) is 0 Å². The van der Waals surface area contributed by atoms with E-state index in [4.69, 9.17) is 32.7 Å². The van der Waals surface area contributed by atoms with Gasteiger partial charge in [0.15, 0.2) is 0 Å². The van der Waals surface area contributed by atoms with Gasteiger partial charge in [-0.25, -0.2) is 8.42 Å². The second-order valence-electron chi connectivity index (χ2n) is 9.42. The van der Waals surface area contributed by atoms with E-state index in [0.717, 1.165) is 4.31 Å². The average Bonchev–Trinajstić information content (AvgIpc) is 2.95. The molecule has 0 saturated heterocycles. The largest absolute Gasteiger partial charge is 0.497 e. The van der Waals surface area contributed by atoms with Crippen molar-refractivity contribution in [3.05, 3.63) is 82.3 Å². The Kier molecular flexibility index (Phi) is 10.9. The molecule has 220 valence electrons. The van der Waals surface area contributed by atoms with Crippen LogP contribution in [0.25, 0.3) is 0 Å². The summed E-state index contributed by atoms with van der Waals surface area (Å²) in [7, 11) is -1.46. The third-order valence-corrected chi connectivity index (χ3v) is 8.74. The molecule has 2 amide bonds. The van der Waals surface area contributed by atoms with Crippen molar-refractivity contribution < 1.29 is 27.5 Å². The molecule has 0 aromatic heterocycles. The minimum Gasteiger partial charge on any atom is -0.497 e. The zero-order valence-corrected chi connectivity index (χ0v) is 25.8. The maximum absolute atomic E-state index is 14.1. The van der Waals surface area contributed by atoms with Crippen molar-refractivity contribution in [1.82, 2.24) is 10.2 Å². The van der Waals surface area contributed by atoms with E-state index in [1.807, 2.05) is 0 Å². The van der Waals surface area contributed by atoms with Crippen LogP contribution in [0.15, 0.2) is 71.6 Å². The van der Waals surface area contributed by atoms with Gasteiger partial charge in [-0.2, -0.15) is 0 Å². The van der Waals surface area contributed by atoms with E-state index < -0.39 is 34.4 Å². The van der Waals surface area contributed by atoms with Gasteiger partial charge in [0.1, 0.15) is 24.1 Å². The number of hydrogen-bond donors (Lipinski definition) is 1. The zero-order chi connectivity index (χ0) is 30.3. The van der Waals surface area contributed by atoms with Gasteiger partial charge in [0.25, 0.3) is 10.0 Å². The molecule has 1 atom stereocenters. The first-order valence-electron chi connectivity index (χ1n) is 12.7. The summed E-state index contributed by atoms with van der Waals surface area (Å²) in [4.78, 5) is 28.4. The van der Waals surface area contributed by atoms with Crippen LogP contribution >= 0.6 is 23.2 Å². The second-order valence-corrected chi connectivity index (χ2v) is 12.1. The summed E-state index contributed by atoms with van der Waals surface area (Å²) in [6.07, 6.45) is 0. The first-order chi connectivity index (χ1) is 19.4. The molecular weight excluding hydrogens is 589 g/mol. The van der Waals surface area contributed by atoms with Crippen LogP contribution < -0.4 is 19.1 Å². The molecule has 0 fully saturated rings. The zero-order valence-electron chi connectivity index (χ0n) is 23.4. The van der Waals surface area contributed by atoms with Crippen LogP contribution in [-0.2, 0) is 26.2 Å². The Morgan fingerprint density at radius 2 is 1.54 bits per heavy atom. The number of methoxy groups -OCH3 is 2. The summed E-state index contributed by atoms with van der Waals surface area (Å²) < 4.78 is 39.8. The van der Waals surface area contributed by atoms with E-state index in [2.05, 4.69) is 5.32 Å². The van der Waals surface area contributed by atoms with Crippen LogP contribution in [0.1, 0.15) is 26.3 Å². The number of anilines is 1. The van der Waals surface area contributed by atoms with Gasteiger partial charge < -0.3 is 19.7 Å². The average molecular weight is 623 g/mol. The normalized spacial score (nSPS) is 12.0. The smallest absolute Gasteiger partial charge is 0.264 e. The van der Waals surface area contributed by atoms with E-state index in [0.29, 0.717) is 21.4 Å². The van der Waals surface area contributed by atoms with Crippen molar-refractivity contribution in [2.24, 2.45) is 0 Å². The number of benzene rings is 3. The van der Waals surface area contributed by atoms with Gasteiger partial charge in [-0.1, -0.05) is 47.5 Å². The molecule has 3 rings (SSSR count). The van der Waals surface area contributed by atoms with Gasteiger partial charge in [0.2, 0.25) is 11.8 Å². The van der Waals surface area contributed by atoms with E-state index in [-0.39, 0.29) is 28.9 Å².